The molecule has 0 radical (unpaired) electrons. The van der Waals surface area contributed by atoms with Crippen molar-refractivity contribution in [2.75, 3.05) is 0 Å². The minimum absolute atomic E-state index is 0.424. The smallest absolute Gasteiger partial charge is 0.108 e. The first-order valence-electron chi connectivity index (χ1n) is 6.67. The summed E-state index contributed by atoms with van der Waals surface area (Å²) in [6.45, 7) is 3.97. The van der Waals surface area contributed by atoms with Crippen LogP contribution < -0.4 is 5.32 Å². The van der Waals surface area contributed by atoms with Crippen molar-refractivity contribution in [2.24, 2.45) is 0 Å². The molecule has 0 spiro atoms. The predicted octanol–water partition coefficient (Wildman–Crippen LogP) is 2.66. The van der Waals surface area contributed by atoms with Crippen LogP contribution in [0.15, 0.2) is 29.3 Å². The van der Waals surface area contributed by atoms with Gasteiger partial charge >= 0.3 is 0 Å². The molecule has 2 aromatic heterocycles. The fourth-order valence-corrected chi connectivity index (χ4v) is 2.71. The Morgan fingerprint density at radius 1 is 1.56 bits per heavy atom. The summed E-state index contributed by atoms with van der Waals surface area (Å²) >= 11 is 0. The Kier molecular flexibility index (Phi) is 3.19. The van der Waals surface area contributed by atoms with Crippen molar-refractivity contribution < 1.29 is 4.42 Å². The lowest BCUT2D eigenvalue weighted by Gasteiger charge is -2.23. The summed E-state index contributed by atoms with van der Waals surface area (Å²) in [5, 5.41) is 3.62. The zero-order valence-electron chi connectivity index (χ0n) is 10.7. The van der Waals surface area contributed by atoms with Crippen molar-refractivity contribution in [1.82, 2.24) is 14.9 Å². The van der Waals surface area contributed by atoms with E-state index < -0.39 is 0 Å². The van der Waals surface area contributed by atoms with E-state index in [0.29, 0.717) is 6.04 Å². The number of nitrogens with one attached hydrogen (secondary N) is 1. The van der Waals surface area contributed by atoms with Crippen molar-refractivity contribution in [1.29, 1.82) is 0 Å². The van der Waals surface area contributed by atoms with Crippen LogP contribution in [0.25, 0.3) is 0 Å². The van der Waals surface area contributed by atoms with E-state index in [2.05, 4.69) is 27.9 Å². The highest BCUT2D eigenvalue weighted by atomic mass is 16.3. The van der Waals surface area contributed by atoms with Gasteiger partial charge in [-0.2, -0.15) is 0 Å². The molecule has 1 atom stereocenters. The van der Waals surface area contributed by atoms with Gasteiger partial charge in [0.05, 0.1) is 18.3 Å². The van der Waals surface area contributed by atoms with Gasteiger partial charge in [-0.15, -0.1) is 0 Å². The molecule has 0 bridgehead atoms. The number of aromatic nitrogens is 2. The molecule has 0 amide bonds. The van der Waals surface area contributed by atoms with Crippen LogP contribution in [0.2, 0.25) is 0 Å². The maximum Gasteiger partial charge on any atom is 0.108 e. The van der Waals surface area contributed by atoms with Gasteiger partial charge in [0.15, 0.2) is 0 Å². The molecule has 0 saturated heterocycles. The third kappa shape index (κ3) is 2.08. The van der Waals surface area contributed by atoms with Crippen molar-refractivity contribution >= 4 is 0 Å². The summed E-state index contributed by atoms with van der Waals surface area (Å²) in [7, 11) is 0. The number of fused-ring (bicyclic) bond motifs is 1. The van der Waals surface area contributed by atoms with Crippen LogP contribution in [-0.2, 0) is 19.5 Å². The van der Waals surface area contributed by atoms with E-state index in [4.69, 9.17) is 4.42 Å². The monoisotopic (exact) mass is 245 g/mol. The predicted molar refractivity (Wildman–Crippen MR) is 69.1 cm³/mol. The summed E-state index contributed by atoms with van der Waals surface area (Å²) in [6.07, 6.45) is 9.10. The third-order valence-electron chi connectivity index (χ3n) is 3.72. The first kappa shape index (κ1) is 11.5. The molecule has 96 valence electrons. The van der Waals surface area contributed by atoms with Crippen molar-refractivity contribution in [3.63, 3.8) is 0 Å². The van der Waals surface area contributed by atoms with Crippen LogP contribution in [0.3, 0.4) is 0 Å². The minimum atomic E-state index is 0.424. The number of furan rings is 1. The van der Waals surface area contributed by atoms with Gasteiger partial charge in [0, 0.05) is 37.3 Å². The normalized spacial score (nSPS) is 18.8. The number of hydrogen-bond donors (Lipinski definition) is 1. The van der Waals surface area contributed by atoms with Gasteiger partial charge in [0.25, 0.3) is 0 Å². The third-order valence-corrected chi connectivity index (χ3v) is 3.72. The molecule has 0 saturated carbocycles. The van der Waals surface area contributed by atoms with E-state index in [9.17, 15) is 0 Å². The molecule has 0 fully saturated rings. The van der Waals surface area contributed by atoms with E-state index in [-0.39, 0.29) is 0 Å². The lowest BCUT2D eigenvalue weighted by molar-refractivity contribution is 0.407. The topological polar surface area (TPSA) is 43.0 Å². The van der Waals surface area contributed by atoms with Gasteiger partial charge in [-0.25, -0.2) is 4.98 Å². The zero-order chi connectivity index (χ0) is 12.4. The molecule has 1 aliphatic rings. The molecule has 18 heavy (non-hydrogen) atoms. The molecule has 0 aromatic carbocycles. The van der Waals surface area contributed by atoms with Crippen LogP contribution in [0.1, 0.15) is 42.8 Å². The second-order valence-electron chi connectivity index (χ2n) is 4.80. The highest BCUT2D eigenvalue weighted by Crippen LogP contribution is 2.30. The van der Waals surface area contributed by atoms with Crippen LogP contribution in [-0.4, -0.2) is 9.55 Å². The second kappa shape index (κ2) is 4.98. The van der Waals surface area contributed by atoms with Crippen LogP contribution in [0.4, 0.5) is 0 Å². The fraction of sp³-hybridized carbons (Fsp3) is 0.500. The van der Waals surface area contributed by atoms with E-state index in [1.807, 2.05) is 12.5 Å². The second-order valence-corrected chi connectivity index (χ2v) is 4.80. The Hall–Kier alpha value is -1.55. The van der Waals surface area contributed by atoms with Crippen LogP contribution >= 0.6 is 0 Å². The van der Waals surface area contributed by atoms with Crippen molar-refractivity contribution in [2.45, 2.75) is 45.3 Å². The summed E-state index contributed by atoms with van der Waals surface area (Å²) < 4.78 is 7.68. The van der Waals surface area contributed by atoms with Gasteiger partial charge in [-0.3, -0.25) is 0 Å². The average molecular weight is 245 g/mol. The largest absolute Gasteiger partial charge is 0.469 e. The Morgan fingerprint density at radius 3 is 3.39 bits per heavy atom. The highest BCUT2D eigenvalue weighted by molar-refractivity contribution is 5.24. The van der Waals surface area contributed by atoms with E-state index in [0.717, 1.165) is 25.3 Å². The van der Waals surface area contributed by atoms with Gasteiger partial charge in [0.2, 0.25) is 0 Å². The van der Waals surface area contributed by atoms with E-state index >= 15 is 0 Å². The van der Waals surface area contributed by atoms with E-state index in [1.54, 1.807) is 6.26 Å². The van der Waals surface area contributed by atoms with Crippen LogP contribution in [0.5, 0.6) is 0 Å². The average Bonchev–Trinajstić information content (AvgIpc) is 3.04. The Morgan fingerprint density at radius 2 is 2.50 bits per heavy atom. The Bertz CT molecular complexity index is 515. The Labute approximate surface area is 107 Å². The maximum absolute atomic E-state index is 5.51. The SMILES string of the molecule is CCn1cncc1CNC1CCCc2occc21. The Balaban J connectivity index is 1.68. The summed E-state index contributed by atoms with van der Waals surface area (Å²) in [4.78, 5) is 4.20. The molecule has 2 aromatic rings. The maximum atomic E-state index is 5.51. The van der Waals surface area contributed by atoms with E-state index in [1.165, 1.54) is 24.1 Å². The quantitative estimate of drug-likeness (QED) is 0.900. The molecule has 1 unspecified atom stereocenters. The number of aryl methyl sites for hydroxylation is 2. The molecule has 4 heteroatoms. The van der Waals surface area contributed by atoms with Gasteiger partial charge < -0.3 is 14.3 Å². The first-order valence-corrected chi connectivity index (χ1v) is 6.67. The molecule has 1 aliphatic carbocycles. The molecule has 0 aliphatic heterocycles. The number of rotatable bonds is 4. The van der Waals surface area contributed by atoms with Gasteiger partial charge in [0.1, 0.15) is 5.76 Å². The standard InChI is InChI=1S/C14H19N3O/c1-2-17-10-15-8-11(17)9-16-13-4-3-5-14-12(13)6-7-18-14/h6-8,10,13,16H,2-5,9H2,1H3. The summed E-state index contributed by atoms with van der Waals surface area (Å²) in [6, 6.07) is 2.52. The summed E-state index contributed by atoms with van der Waals surface area (Å²) in [5.41, 5.74) is 2.58. The lowest BCUT2D eigenvalue weighted by atomic mass is 9.93. The zero-order valence-corrected chi connectivity index (χ0v) is 10.7. The number of nitrogens with zero attached hydrogens (tertiary/aromatic N) is 2. The molecule has 3 rings (SSSR count). The number of imidazole rings is 1. The fourth-order valence-electron chi connectivity index (χ4n) is 2.71. The van der Waals surface area contributed by atoms with Crippen molar-refractivity contribution in [3.8, 4) is 0 Å². The van der Waals surface area contributed by atoms with Crippen LogP contribution in [0, 0.1) is 0 Å². The molecular formula is C14H19N3O. The molecule has 4 nitrogen and oxygen atoms in total. The minimum Gasteiger partial charge on any atom is -0.469 e. The highest BCUT2D eigenvalue weighted by Gasteiger charge is 2.22. The number of hydrogen-bond acceptors (Lipinski definition) is 3. The first-order chi connectivity index (χ1) is 8.88. The van der Waals surface area contributed by atoms with Gasteiger partial charge in [-0.1, -0.05) is 0 Å². The van der Waals surface area contributed by atoms with Gasteiger partial charge in [-0.05, 0) is 25.8 Å². The van der Waals surface area contributed by atoms with Crippen molar-refractivity contribution in [3.05, 3.63) is 41.9 Å². The summed E-state index contributed by atoms with van der Waals surface area (Å²) in [5.74, 6) is 1.16. The lowest BCUT2D eigenvalue weighted by Crippen LogP contribution is -2.25. The molecular weight excluding hydrogens is 226 g/mol. The molecule has 2 heterocycles. The molecule has 1 N–H and O–H groups in total.